The van der Waals surface area contributed by atoms with Gasteiger partial charge in [0.25, 0.3) is 5.69 Å². The average Bonchev–Trinajstić information content (AvgIpc) is 2.87. The zero-order valence-corrected chi connectivity index (χ0v) is 13.7. The molecular weight excluding hydrogens is 296 g/mol. The first-order valence-corrected chi connectivity index (χ1v) is 7.82. The van der Waals surface area contributed by atoms with Crippen LogP contribution in [0.4, 0.5) is 5.69 Å². The summed E-state index contributed by atoms with van der Waals surface area (Å²) in [5.74, 6) is 0. The van der Waals surface area contributed by atoms with Gasteiger partial charge in [-0.25, -0.2) is 4.98 Å². The third-order valence-electron chi connectivity index (χ3n) is 3.74. The van der Waals surface area contributed by atoms with Crippen molar-refractivity contribution in [3.63, 3.8) is 0 Å². The maximum atomic E-state index is 11.2. The first-order valence-electron chi connectivity index (χ1n) is 7.00. The van der Waals surface area contributed by atoms with Crippen molar-refractivity contribution in [3.05, 3.63) is 56.6 Å². The molecular formula is C17H16N2O2S. The third-order valence-corrected chi connectivity index (χ3v) is 4.98. The lowest BCUT2D eigenvalue weighted by Crippen LogP contribution is -1.93. The van der Waals surface area contributed by atoms with E-state index in [0.717, 1.165) is 26.4 Å². The van der Waals surface area contributed by atoms with Crippen molar-refractivity contribution in [2.75, 3.05) is 0 Å². The summed E-state index contributed by atoms with van der Waals surface area (Å²) in [6.45, 7) is 7.79. The molecule has 1 aromatic heterocycles. The van der Waals surface area contributed by atoms with Crippen LogP contribution in [0.1, 0.15) is 22.3 Å². The minimum absolute atomic E-state index is 0.141. The summed E-state index contributed by atoms with van der Waals surface area (Å²) in [6.07, 6.45) is 0. The van der Waals surface area contributed by atoms with Crippen LogP contribution in [-0.4, -0.2) is 9.91 Å². The van der Waals surface area contributed by atoms with E-state index in [1.807, 2.05) is 6.92 Å². The molecule has 5 heteroatoms. The predicted molar refractivity (Wildman–Crippen MR) is 90.7 cm³/mol. The van der Waals surface area contributed by atoms with E-state index in [-0.39, 0.29) is 10.6 Å². The molecule has 0 amide bonds. The number of benzene rings is 2. The maximum absolute atomic E-state index is 11.2. The topological polar surface area (TPSA) is 56.0 Å². The van der Waals surface area contributed by atoms with Crippen LogP contribution < -0.4 is 0 Å². The van der Waals surface area contributed by atoms with Gasteiger partial charge in [0.2, 0.25) is 0 Å². The quantitative estimate of drug-likeness (QED) is 0.488. The molecule has 0 radical (unpaired) electrons. The van der Waals surface area contributed by atoms with Crippen LogP contribution in [0.15, 0.2) is 24.3 Å². The Labute approximate surface area is 132 Å². The average molecular weight is 312 g/mol. The zero-order valence-electron chi connectivity index (χ0n) is 12.9. The Bertz CT molecular complexity index is 892. The number of rotatable bonds is 2. The molecule has 1 heterocycles. The lowest BCUT2D eigenvalue weighted by Gasteiger charge is -2.01. The smallest absolute Gasteiger partial charge is 0.258 e. The van der Waals surface area contributed by atoms with E-state index in [1.165, 1.54) is 11.1 Å². The van der Waals surface area contributed by atoms with Crippen LogP contribution in [0, 0.1) is 37.8 Å². The Morgan fingerprint density at radius 2 is 1.68 bits per heavy atom. The molecule has 2 aromatic carbocycles. The second-order valence-electron chi connectivity index (χ2n) is 5.67. The fraction of sp³-hybridized carbons (Fsp3) is 0.235. The van der Waals surface area contributed by atoms with Crippen LogP contribution in [0.25, 0.3) is 20.8 Å². The number of nitrogens with zero attached hydrogens (tertiary/aromatic N) is 2. The fourth-order valence-electron chi connectivity index (χ4n) is 2.75. The van der Waals surface area contributed by atoms with Gasteiger partial charge in [0.1, 0.15) is 5.01 Å². The summed E-state index contributed by atoms with van der Waals surface area (Å²) in [4.78, 5) is 15.5. The van der Waals surface area contributed by atoms with Crippen molar-refractivity contribution in [2.45, 2.75) is 27.7 Å². The standard InChI is InChI=1S/C17H16N2O2S/c1-9-5-10(2)7-13(6-9)17-18-15-12(4)14(19(20)21)8-11(3)16(15)22-17/h5-8H,1-4H3. The first-order chi connectivity index (χ1) is 10.4. The molecule has 22 heavy (non-hydrogen) atoms. The number of hydrogen-bond donors (Lipinski definition) is 0. The van der Waals surface area contributed by atoms with Gasteiger partial charge in [-0.3, -0.25) is 10.1 Å². The van der Waals surface area contributed by atoms with Gasteiger partial charge in [-0.1, -0.05) is 17.2 Å². The minimum atomic E-state index is -0.336. The Kier molecular flexibility index (Phi) is 3.45. The fourth-order valence-corrected chi connectivity index (χ4v) is 3.83. The number of nitro benzene ring substituents is 1. The van der Waals surface area contributed by atoms with Gasteiger partial charge >= 0.3 is 0 Å². The van der Waals surface area contributed by atoms with Gasteiger partial charge in [-0.15, -0.1) is 11.3 Å². The van der Waals surface area contributed by atoms with Gasteiger partial charge in [0.05, 0.1) is 20.7 Å². The summed E-state index contributed by atoms with van der Waals surface area (Å²) >= 11 is 1.60. The van der Waals surface area contributed by atoms with Crippen LogP contribution >= 0.6 is 11.3 Å². The number of hydrogen-bond acceptors (Lipinski definition) is 4. The minimum Gasteiger partial charge on any atom is -0.258 e. The summed E-state index contributed by atoms with van der Waals surface area (Å²) < 4.78 is 1.03. The van der Waals surface area contributed by atoms with Crippen LogP contribution in [0.2, 0.25) is 0 Å². The number of aryl methyl sites for hydroxylation is 4. The zero-order chi connectivity index (χ0) is 16.0. The predicted octanol–water partition coefficient (Wildman–Crippen LogP) is 5.11. The number of fused-ring (bicyclic) bond motifs is 1. The Balaban J connectivity index is 2.28. The van der Waals surface area contributed by atoms with Crippen molar-refractivity contribution in [1.82, 2.24) is 4.98 Å². The lowest BCUT2D eigenvalue weighted by atomic mass is 10.1. The largest absolute Gasteiger partial charge is 0.274 e. The third kappa shape index (κ3) is 2.37. The van der Waals surface area contributed by atoms with E-state index in [0.29, 0.717) is 5.56 Å². The Morgan fingerprint density at radius 3 is 2.27 bits per heavy atom. The molecule has 0 fully saturated rings. The van der Waals surface area contributed by atoms with E-state index in [9.17, 15) is 10.1 Å². The lowest BCUT2D eigenvalue weighted by molar-refractivity contribution is -0.385. The Hall–Kier alpha value is -2.27. The molecule has 0 N–H and O–H groups in total. The molecule has 4 nitrogen and oxygen atoms in total. The summed E-state index contributed by atoms with van der Waals surface area (Å²) in [6, 6.07) is 7.97. The number of thiazole rings is 1. The van der Waals surface area contributed by atoms with Gasteiger partial charge < -0.3 is 0 Å². The molecule has 0 aliphatic carbocycles. The molecule has 0 bridgehead atoms. The highest BCUT2D eigenvalue weighted by Gasteiger charge is 2.19. The normalized spacial score (nSPS) is 11.1. The highest BCUT2D eigenvalue weighted by Crippen LogP contribution is 2.37. The van der Waals surface area contributed by atoms with Crippen molar-refractivity contribution >= 4 is 27.2 Å². The van der Waals surface area contributed by atoms with Crippen LogP contribution in [0.5, 0.6) is 0 Å². The van der Waals surface area contributed by atoms with Crippen molar-refractivity contribution < 1.29 is 4.92 Å². The van der Waals surface area contributed by atoms with Crippen LogP contribution in [-0.2, 0) is 0 Å². The molecule has 0 aliphatic heterocycles. The maximum Gasteiger partial charge on any atom is 0.274 e. The Morgan fingerprint density at radius 1 is 1.05 bits per heavy atom. The molecule has 0 aliphatic rings. The van der Waals surface area contributed by atoms with Crippen molar-refractivity contribution in [2.24, 2.45) is 0 Å². The van der Waals surface area contributed by atoms with E-state index in [1.54, 1.807) is 24.3 Å². The highest BCUT2D eigenvalue weighted by molar-refractivity contribution is 7.21. The van der Waals surface area contributed by atoms with Gasteiger partial charge in [0.15, 0.2) is 0 Å². The van der Waals surface area contributed by atoms with E-state index in [2.05, 4.69) is 37.0 Å². The molecule has 0 unspecified atom stereocenters. The molecule has 0 saturated carbocycles. The SMILES string of the molecule is Cc1cc(C)cc(-c2nc3c(C)c([N+](=O)[O-])cc(C)c3s2)c1. The molecule has 0 atom stereocenters. The second kappa shape index (κ2) is 5.18. The van der Waals surface area contributed by atoms with Crippen molar-refractivity contribution in [3.8, 4) is 10.6 Å². The molecule has 0 spiro atoms. The summed E-state index contributed by atoms with van der Waals surface area (Å²) in [5, 5.41) is 12.1. The molecule has 3 aromatic rings. The molecule has 0 saturated heterocycles. The number of nitro groups is 1. The summed E-state index contributed by atoms with van der Waals surface area (Å²) in [5.41, 5.74) is 5.87. The molecule has 3 rings (SSSR count). The van der Waals surface area contributed by atoms with Gasteiger partial charge in [0, 0.05) is 11.6 Å². The number of aromatic nitrogens is 1. The van der Waals surface area contributed by atoms with Crippen molar-refractivity contribution in [1.29, 1.82) is 0 Å². The van der Waals surface area contributed by atoms with Gasteiger partial charge in [-0.2, -0.15) is 0 Å². The van der Waals surface area contributed by atoms with E-state index < -0.39 is 0 Å². The first kappa shape index (κ1) is 14.7. The monoisotopic (exact) mass is 312 g/mol. The molecule has 112 valence electrons. The van der Waals surface area contributed by atoms with Gasteiger partial charge in [-0.05, 0) is 45.4 Å². The van der Waals surface area contributed by atoms with E-state index in [4.69, 9.17) is 0 Å². The second-order valence-corrected chi connectivity index (χ2v) is 6.67. The van der Waals surface area contributed by atoms with E-state index >= 15 is 0 Å². The van der Waals surface area contributed by atoms with Crippen LogP contribution in [0.3, 0.4) is 0 Å². The summed E-state index contributed by atoms with van der Waals surface area (Å²) in [7, 11) is 0. The highest BCUT2D eigenvalue weighted by atomic mass is 32.1.